The highest BCUT2D eigenvalue weighted by atomic mass is 35.5. The van der Waals surface area contributed by atoms with Gasteiger partial charge in [-0.15, -0.1) is 0 Å². The van der Waals surface area contributed by atoms with E-state index >= 15 is 0 Å². The van der Waals surface area contributed by atoms with E-state index < -0.39 is 8.07 Å². The minimum atomic E-state index is -1.58. The monoisotopic (exact) mass is 283 g/mol. The number of halogens is 1. The third kappa shape index (κ3) is 3.15. The Morgan fingerprint density at radius 1 is 1.22 bits per heavy atom. The van der Waals surface area contributed by atoms with Crippen LogP contribution in [-0.4, -0.2) is 32.0 Å². The van der Waals surface area contributed by atoms with Crippen molar-refractivity contribution in [1.82, 2.24) is 4.90 Å². The van der Waals surface area contributed by atoms with Gasteiger partial charge in [0.1, 0.15) is 0 Å². The Balaban J connectivity index is 3.35. The highest BCUT2D eigenvalue weighted by Gasteiger charge is 2.27. The number of benzene rings is 1. The van der Waals surface area contributed by atoms with Crippen molar-refractivity contribution >= 4 is 30.8 Å². The van der Waals surface area contributed by atoms with Crippen molar-refractivity contribution < 1.29 is 4.79 Å². The first-order valence-corrected chi connectivity index (χ1v) is 10.3. The van der Waals surface area contributed by atoms with E-state index in [9.17, 15) is 4.79 Å². The minimum Gasteiger partial charge on any atom is -0.339 e. The Hall–Kier alpha value is -0.803. The molecule has 2 nitrogen and oxygen atoms in total. The minimum absolute atomic E-state index is 0.0584. The standard InChI is InChI=1S/C14H22ClNOSi/c1-6-16(7-2)14(17)13-11(15)9-8-10-12(13)18(3,4)5/h8-10H,6-7H2,1-5H3. The van der Waals surface area contributed by atoms with E-state index in [1.807, 2.05) is 30.9 Å². The Kier molecular flexibility index (Phi) is 4.99. The number of carbonyl (C=O) groups excluding carboxylic acids is 1. The molecule has 0 heterocycles. The summed E-state index contributed by atoms with van der Waals surface area (Å²) in [6.07, 6.45) is 0. The van der Waals surface area contributed by atoms with E-state index in [0.717, 1.165) is 5.19 Å². The predicted molar refractivity (Wildman–Crippen MR) is 81.7 cm³/mol. The summed E-state index contributed by atoms with van der Waals surface area (Å²) >= 11 is 6.26. The SMILES string of the molecule is CCN(CC)C(=O)c1c(Cl)cccc1[Si](C)(C)C. The van der Waals surface area contributed by atoms with Crippen molar-refractivity contribution in [2.75, 3.05) is 13.1 Å². The number of rotatable bonds is 4. The Morgan fingerprint density at radius 2 is 1.78 bits per heavy atom. The van der Waals surface area contributed by atoms with Gasteiger partial charge in [0.2, 0.25) is 0 Å². The Bertz CT molecular complexity index is 436. The molecule has 100 valence electrons. The normalized spacial score (nSPS) is 11.4. The van der Waals surface area contributed by atoms with E-state index in [2.05, 4.69) is 25.7 Å². The average molecular weight is 284 g/mol. The quantitative estimate of drug-likeness (QED) is 0.776. The van der Waals surface area contributed by atoms with Crippen LogP contribution in [0.15, 0.2) is 18.2 Å². The molecule has 1 aromatic carbocycles. The summed E-state index contributed by atoms with van der Waals surface area (Å²) in [6.45, 7) is 12.1. The summed E-state index contributed by atoms with van der Waals surface area (Å²) in [4.78, 5) is 14.4. The van der Waals surface area contributed by atoms with Crippen LogP contribution in [0.3, 0.4) is 0 Å². The van der Waals surface area contributed by atoms with Gasteiger partial charge < -0.3 is 4.90 Å². The number of nitrogens with zero attached hydrogens (tertiary/aromatic N) is 1. The van der Waals surface area contributed by atoms with Crippen LogP contribution in [0.25, 0.3) is 0 Å². The fraction of sp³-hybridized carbons (Fsp3) is 0.500. The summed E-state index contributed by atoms with van der Waals surface area (Å²) in [5, 5.41) is 1.72. The molecule has 18 heavy (non-hydrogen) atoms. The summed E-state index contributed by atoms with van der Waals surface area (Å²) in [7, 11) is -1.58. The number of amides is 1. The molecule has 1 amide bonds. The summed E-state index contributed by atoms with van der Waals surface area (Å²) in [5.41, 5.74) is 0.710. The lowest BCUT2D eigenvalue weighted by Gasteiger charge is -2.25. The van der Waals surface area contributed by atoms with Crippen LogP contribution in [0.5, 0.6) is 0 Å². The van der Waals surface area contributed by atoms with Crippen molar-refractivity contribution in [1.29, 1.82) is 0 Å². The number of hydrogen-bond acceptors (Lipinski definition) is 1. The molecule has 0 aliphatic heterocycles. The van der Waals surface area contributed by atoms with Gasteiger partial charge in [0.25, 0.3) is 5.91 Å². The van der Waals surface area contributed by atoms with Crippen molar-refractivity contribution in [3.63, 3.8) is 0 Å². The van der Waals surface area contributed by atoms with Crippen molar-refractivity contribution in [3.05, 3.63) is 28.8 Å². The molecule has 0 aromatic heterocycles. The molecule has 0 saturated carbocycles. The van der Waals surface area contributed by atoms with Crippen LogP contribution >= 0.6 is 11.6 Å². The Morgan fingerprint density at radius 3 is 2.22 bits per heavy atom. The Labute approximate surface area is 116 Å². The van der Waals surface area contributed by atoms with Gasteiger partial charge in [-0.05, 0) is 25.1 Å². The molecule has 0 bridgehead atoms. The lowest BCUT2D eigenvalue weighted by molar-refractivity contribution is 0.0774. The molecule has 0 unspecified atom stereocenters. The number of carbonyl (C=O) groups is 1. The summed E-state index contributed by atoms with van der Waals surface area (Å²) < 4.78 is 0. The van der Waals surface area contributed by atoms with Gasteiger partial charge in [-0.2, -0.15) is 0 Å². The van der Waals surface area contributed by atoms with Gasteiger partial charge in [-0.1, -0.05) is 43.4 Å². The molecule has 0 aliphatic carbocycles. The van der Waals surface area contributed by atoms with E-state index in [-0.39, 0.29) is 5.91 Å². The molecule has 0 aliphatic rings. The topological polar surface area (TPSA) is 20.3 Å². The predicted octanol–water partition coefficient (Wildman–Crippen LogP) is 3.37. The molecule has 0 atom stereocenters. The molecular weight excluding hydrogens is 262 g/mol. The van der Waals surface area contributed by atoms with Crippen molar-refractivity contribution in [2.45, 2.75) is 33.5 Å². The molecular formula is C14H22ClNOSi. The zero-order valence-corrected chi connectivity index (χ0v) is 13.6. The molecule has 0 N–H and O–H groups in total. The van der Waals surface area contributed by atoms with E-state index in [4.69, 9.17) is 11.6 Å². The highest BCUT2D eigenvalue weighted by molar-refractivity contribution is 6.89. The maximum Gasteiger partial charge on any atom is 0.255 e. The molecule has 1 aromatic rings. The van der Waals surface area contributed by atoms with Crippen LogP contribution in [-0.2, 0) is 0 Å². The van der Waals surface area contributed by atoms with Crippen LogP contribution < -0.4 is 5.19 Å². The second-order valence-electron chi connectivity index (χ2n) is 5.39. The van der Waals surface area contributed by atoms with Gasteiger partial charge in [0.05, 0.1) is 18.7 Å². The average Bonchev–Trinajstić information content (AvgIpc) is 2.28. The summed E-state index contributed by atoms with van der Waals surface area (Å²) in [6, 6.07) is 5.80. The lowest BCUT2D eigenvalue weighted by atomic mass is 10.2. The van der Waals surface area contributed by atoms with Crippen LogP contribution in [0.2, 0.25) is 24.7 Å². The first kappa shape index (κ1) is 15.3. The molecule has 0 fully saturated rings. The first-order valence-electron chi connectivity index (χ1n) is 6.41. The van der Waals surface area contributed by atoms with Crippen LogP contribution in [0, 0.1) is 0 Å². The zero-order chi connectivity index (χ0) is 13.9. The van der Waals surface area contributed by atoms with Crippen molar-refractivity contribution in [2.24, 2.45) is 0 Å². The molecule has 0 saturated heterocycles. The molecule has 1 rings (SSSR count). The van der Waals surface area contributed by atoms with Gasteiger partial charge >= 0.3 is 0 Å². The van der Waals surface area contributed by atoms with E-state index in [1.165, 1.54) is 0 Å². The first-order chi connectivity index (χ1) is 8.32. The smallest absolute Gasteiger partial charge is 0.255 e. The van der Waals surface area contributed by atoms with Crippen LogP contribution in [0.4, 0.5) is 0 Å². The fourth-order valence-corrected chi connectivity index (χ4v) is 3.96. The fourth-order valence-electron chi connectivity index (χ4n) is 2.04. The van der Waals surface area contributed by atoms with Crippen LogP contribution in [0.1, 0.15) is 24.2 Å². The van der Waals surface area contributed by atoms with Gasteiger partial charge in [0, 0.05) is 13.1 Å². The van der Waals surface area contributed by atoms with E-state index in [1.54, 1.807) is 0 Å². The summed E-state index contributed by atoms with van der Waals surface area (Å²) in [5.74, 6) is 0.0584. The molecule has 0 radical (unpaired) electrons. The lowest BCUT2D eigenvalue weighted by Crippen LogP contribution is -2.44. The molecule has 4 heteroatoms. The van der Waals surface area contributed by atoms with Gasteiger partial charge in [-0.25, -0.2) is 0 Å². The third-order valence-corrected chi connectivity index (χ3v) is 5.43. The third-order valence-electron chi connectivity index (χ3n) is 3.09. The molecule has 0 spiro atoms. The maximum absolute atomic E-state index is 12.6. The van der Waals surface area contributed by atoms with Gasteiger partial charge in [0.15, 0.2) is 0 Å². The second-order valence-corrected chi connectivity index (χ2v) is 10.8. The van der Waals surface area contributed by atoms with E-state index in [0.29, 0.717) is 23.7 Å². The second kappa shape index (κ2) is 5.89. The zero-order valence-electron chi connectivity index (χ0n) is 11.9. The number of hydrogen-bond donors (Lipinski definition) is 0. The van der Waals surface area contributed by atoms with Crippen molar-refractivity contribution in [3.8, 4) is 0 Å². The largest absolute Gasteiger partial charge is 0.339 e. The maximum atomic E-state index is 12.6. The van der Waals surface area contributed by atoms with Gasteiger partial charge in [-0.3, -0.25) is 4.79 Å². The highest BCUT2D eigenvalue weighted by Crippen LogP contribution is 2.19.